The molecule has 1 atom stereocenters. The second-order valence-corrected chi connectivity index (χ2v) is 6.32. The van der Waals surface area contributed by atoms with Crippen molar-refractivity contribution in [2.75, 3.05) is 31.1 Å². The molecule has 1 aromatic carbocycles. The van der Waals surface area contributed by atoms with Crippen molar-refractivity contribution in [3.8, 4) is 6.07 Å². The molecule has 4 heteroatoms. The van der Waals surface area contributed by atoms with E-state index in [9.17, 15) is 5.26 Å². The SMILES string of the molecule is N#Cc1ccc(Br)cc1N1CCCN2CCCC2C1. The zero-order valence-electron chi connectivity index (χ0n) is 11.0. The predicted octanol–water partition coefficient (Wildman–Crippen LogP) is 3.00. The van der Waals surface area contributed by atoms with E-state index >= 15 is 0 Å². The zero-order chi connectivity index (χ0) is 13.2. The number of rotatable bonds is 1. The molecule has 0 saturated carbocycles. The highest BCUT2D eigenvalue weighted by molar-refractivity contribution is 9.10. The molecule has 0 bridgehead atoms. The molecule has 2 fully saturated rings. The van der Waals surface area contributed by atoms with E-state index in [1.165, 1.54) is 32.4 Å². The Hall–Kier alpha value is -1.05. The molecule has 0 amide bonds. The number of hydrogen-bond acceptors (Lipinski definition) is 3. The largest absolute Gasteiger partial charge is 0.369 e. The number of nitrogens with zero attached hydrogens (tertiary/aromatic N) is 3. The molecular weight excluding hydrogens is 302 g/mol. The molecule has 0 spiro atoms. The van der Waals surface area contributed by atoms with Crippen LogP contribution in [-0.4, -0.2) is 37.1 Å². The van der Waals surface area contributed by atoms with E-state index in [-0.39, 0.29) is 0 Å². The summed E-state index contributed by atoms with van der Waals surface area (Å²) >= 11 is 3.52. The lowest BCUT2D eigenvalue weighted by Crippen LogP contribution is -2.36. The normalized spacial score (nSPS) is 23.8. The van der Waals surface area contributed by atoms with Gasteiger partial charge >= 0.3 is 0 Å². The van der Waals surface area contributed by atoms with Crippen LogP contribution in [-0.2, 0) is 0 Å². The van der Waals surface area contributed by atoms with Crippen LogP contribution in [0.15, 0.2) is 22.7 Å². The van der Waals surface area contributed by atoms with Crippen LogP contribution in [0.2, 0.25) is 0 Å². The lowest BCUT2D eigenvalue weighted by Gasteiger charge is -2.28. The summed E-state index contributed by atoms with van der Waals surface area (Å²) in [7, 11) is 0. The highest BCUT2D eigenvalue weighted by atomic mass is 79.9. The Bertz CT molecular complexity index is 509. The summed E-state index contributed by atoms with van der Waals surface area (Å²) in [6.45, 7) is 4.57. The van der Waals surface area contributed by atoms with Gasteiger partial charge < -0.3 is 4.90 Å². The van der Waals surface area contributed by atoms with Gasteiger partial charge in [0.1, 0.15) is 6.07 Å². The van der Waals surface area contributed by atoms with Gasteiger partial charge in [0, 0.05) is 30.1 Å². The predicted molar refractivity (Wildman–Crippen MR) is 80.3 cm³/mol. The number of nitriles is 1. The molecule has 1 unspecified atom stereocenters. The van der Waals surface area contributed by atoms with Crippen LogP contribution >= 0.6 is 15.9 Å². The van der Waals surface area contributed by atoms with Crippen molar-refractivity contribution in [2.24, 2.45) is 0 Å². The van der Waals surface area contributed by atoms with E-state index < -0.39 is 0 Å². The Kier molecular flexibility index (Phi) is 3.76. The third kappa shape index (κ3) is 2.63. The van der Waals surface area contributed by atoms with Gasteiger partial charge in [-0.05, 0) is 44.0 Å². The highest BCUT2D eigenvalue weighted by Gasteiger charge is 2.29. The van der Waals surface area contributed by atoms with Gasteiger partial charge in [-0.3, -0.25) is 4.90 Å². The number of hydrogen-bond donors (Lipinski definition) is 0. The van der Waals surface area contributed by atoms with Crippen LogP contribution in [0.1, 0.15) is 24.8 Å². The average molecular weight is 320 g/mol. The summed E-state index contributed by atoms with van der Waals surface area (Å²) < 4.78 is 1.05. The fourth-order valence-electron chi connectivity index (χ4n) is 3.29. The summed E-state index contributed by atoms with van der Waals surface area (Å²) in [6, 6.07) is 8.94. The highest BCUT2D eigenvalue weighted by Crippen LogP contribution is 2.29. The second kappa shape index (κ2) is 5.52. The smallest absolute Gasteiger partial charge is 0.101 e. The molecule has 0 N–H and O–H groups in total. The molecule has 2 aliphatic rings. The minimum Gasteiger partial charge on any atom is -0.369 e. The fourth-order valence-corrected chi connectivity index (χ4v) is 3.64. The van der Waals surface area contributed by atoms with Crippen LogP contribution in [0.3, 0.4) is 0 Å². The summed E-state index contributed by atoms with van der Waals surface area (Å²) in [4.78, 5) is 5.02. The minimum absolute atomic E-state index is 0.674. The van der Waals surface area contributed by atoms with Crippen molar-refractivity contribution in [3.63, 3.8) is 0 Å². The first-order valence-electron chi connectivity index (χ1n) is 6.96. The van der Waals surface area contributed by atoms with E-state index in [4.69, 9.17) is 0 Å². The molecule has 0 aliphatic carbocycles. The Morgan fingerprint density at radius 1 is 1.21 bits per heavy atom. The average Bonchev–Trinajstić information content (AvgIpc) is 2.76. The quantitative estimate of drug-likeness (QED) is 0.797. The van der Waals surface area contributed by atoms with Crippen LogP contribution in [0.25, 0.3) is 0 Å². The van der Waals surface area contributed by atoms with Gasteiger partial charge in [0.05, 0.1) is 11.3 Å². The zero-order valence-corrected chi connectivity index (χ0v) is 12.6. The van der Waals surface area contributed by atoms with Crippen LogP contribution in [0.4, 0.5) is 5.69 Å². The summed E-state index contributed by atoms with van der Waals surface area (Å²) in [5.74, 6) is 0. The molecule has 3 nitrogen and oxygen atoms in total. The Morgan fingerprint density at radius 3 is 2.89 bits per heavy atom. The van der Waals surface area contributed by atoms with Gasteiger partial charge in [-0.15, -0.1) is 0 Å². The van der Waals surface area contributed by atoms with E-state index in [1.807, 2.05) is 12.1 Å². The molecule has 2 heterocycles. The van der Waals surface area contributed by atoms with Gasteiger partial charge in [-0.25, -0.2) is 0 Å². The lowest BCUT2D eigenvalue weighted by atomic mass is 10.1. The first-order chi connectivity index (χ1) is 9.28. The molecular formula is C15H18BrN3. The van der Waals surface area contributed by atoms with Crippen molar-refractivity contribution in [1.29, 1.82) is 5.26 Å². The minimum atomic E-state index is 0.674. The monoisotopic (exact) mass is 319 g/mol. The van der Waals surface area contributed by atoms with Crippen LogP contribution in [0, 0.1) is 11.3 Å². The molecule has 100 valence electrons. The maximum Gasteiger partial charge on any atom is 0.101 e. The molecule has 0 radical (unpaired) electrons. The van der Waals surface area contributed by atoms with E-state index in [0.717, 1.165) is 28.8 Å². The summed E-state index contributed by atoms with van der Waals surface area (Å²) in [5.41, 5.74) is 1.88. The number of fused-ring (bicyclic) bond motifs is 1. The standard InChI is InChI=1S/C15H18BrN3/c16-13-5-4-12(10-17)15(9-13)19-8-2-7-18-6-1-3-14(18)11-19/h4-5,9,14H,1-3,6-8,11H2. The topological polar surface area (TPSA) is 30.3 Å². The molecule has 3 rings (SSSR count). The van der Waals surface area contributed by atoms with Crippen LogP contribution < -0.4 is 4.90 Å². The maximum atomic E-state index is 9.30. The van der Waals surface area contributed by atoms with Gasteiger partial charge in [0.25, 0.3) is 0 Å². The first kappa shape index (κ1) is 13.0. The number of benzene rings is 1. The number of anilines is 1. The number of halogens is 1. The first-order valence-corrected chi connectivity index (χ1v) is 7.76. The Labute approximate surface area is 122 Å². The second-order valence-electron chi connectivity index (χ2n) is 5.40. The maximum absolute atomic E-state index is 9.30. The Balaban J connectivity index is 1.89. The Morgan fingerprint density at radius 2 is 2.05 bits per heavy atom. The van der Waals surface area contributed by atoms with Crippen molar-refractivity contribution in [3.05, 3.63) is 28.2 Å². The van der Waals surface area contributed by atoms with E-state index in [2.05, 4.69) is 37.9 Å². The van der Waals surface area contributed by atoms with Crippen molar-refractivity contribution >= 4 is 21.6 Å². The van der Waals surface area contributed by atoms with E-state index in [1.54, 1.807) is 0 Å². The summed E-state index contributed by atoms with van der Waals surface area (Å²) in [5, 5.41) is 9.30. The van der Waals surface area contributed by atoms with Crippen molar-refractivity contribution < 1.29 is 0 Å². The van der Waals surface area contributed by atoms with Gasteiger partial charge in [-0.1, -0.05) is 15.9 Å². The van der Waals surface area contributed by atoms with Gasteiger partial charge in [0.15, 0.2) is 0 Å². The molecule has 19 heavy (non-hydrogen) atoms. The van der Waals surface area contributed by atoms with Gasteiger partial charge in [-0.2, -0.15) is 5.26 Å². The fraction of sp³-hybridized carbons (Fsp3) is 0.533. The third-order valence-electron chi connectivity index (χ3n) is 4.22. The third-order valence-corrected chi connectivity index (χ3v) is 4.72. The molecule has 2 saturated heterocycles. The molecule has 2 aliphatic heterocycles. The molecule has 1 aromatic rings. The van der Waals surface area contributed by atoms with E-state index in [0.29, 0.717) is 6.04 Å². The van der Waals surface area contributed by atoms with Crippen LogP contribution in [0.5, 0.6) is 0 Å². The van der Waals surface area contributed by atoms with Crippen molar-refractivity contribution in [2.45, 2.75) is 25.3 Å². The summed E-state index contributed by atoms with van der Waals surface area (Å²) in [6.07, 6.45) is 3.81. The van der Waals surface area contributed by atoms with Gasteiger partial charge in [0.2, 0.25) is 0 Å². The lowest BCUT2D eigenvalue weighted by molar-refractivity contribution is 0.273. The molecule has 0 aromatic heterocycles. The van der Waals surface area contributed by atoms with Crippen molar-refractivity contribution in [1.82, 2.24) is 4.90 Å².